The first kappa shape index (κ1) is 15.9. The number of halogens is 2. The van der Waals surface area contributed by atoms with E-state index in [2.05, 4.69) is 5.32 Å². The van der Waals surface area contributed by atoms with Gasteiger partial charge in [-0.2, -0.15) is 0 Å². The van der Waals surface area contributed by atoms with Crippen molar-refractivity contribution >= 4 is 5.91 Å². The smallest absolute Gasteiger partial charge is 0.255 e. The van der Waals surface area contributed by atoms with Gasteiger partial charge in [0.15, 0.2) is 0 Å². The molecular formula is C20H15F2NO. The summed E-state index contributed by atoms with van der Waals surface area (Å²) < 4.78 is 26.9. The molecule has 0 aliphatic heterocycles. The minimum absolute atomic E-state index is 0.187. The third-order valence-corrected chi connectivity index (χ3v) is 3.72. The molecule has 0 heterocycles. The van der Waals surface area contributed by atoms with Crippen molar-refractivity contribution in [1.82, 2.24) is 5.32 Å². The number of hydrogen-bond acceptors (Lipinski definition) is 1. The fourth-order valence-electron chi connectivity index (χ4n) is 2.53. The van der Waals surface area contributed by atoms with Crippen LogP contribution in [0.15, 0.2) is 78.9 Å². The van der Waals surface area contributed by atoms with Gasteiger partial charge in [-0.3, -0.25) is 4.79 Å². The van der Waals surface area contributed by atoms with Gasteiger partial charge in [-0.15, -0.1) is 0 Å². The molecule has 0 aliphatic carbocycles. The molecule has 3 aromatic rings. The fourth-order valence-corrected chi connectivity index (χ4v) is 2.53. The SMILES string of the molecule is O=C(NC(c1ccccc1)c1ccccc1)c1ccc(F)cc1F. The van der Waals surface area contributed by atoms with Gasteiger partial charge in [0.1, 0.15) is 11.6 Å². The van der Waals surface area contributed by atoms with E-state index in [1.807, 2.05) is 60.7 Å². The van der Waals surface area contributed by atoms with E-state index >= 15 is 0 Å². The summed E-state index contributed by atoms with van der Waals surface area (Å²) >= 11 is 0. The molecule has 0 spiro atoms. The molecule has 0 bridgehead atoms. The van der Waals surface area contributed by atoms with Crippen LogP contribution in [0.25, 0.3) is 0 Å². The van der Waals surface area contributed by atoms with Crippen molar-refractivity contribution in [1.29, 1.82) is 0 Å². The number of benzene rings is 3. The summed E-state index contributed by atoms with van der Waals surface area (Å²) in [5, 5.41) is 2.82. The van der Waals surface area contributed by atoms with Crippen molar-refractivity contribution in [3.8, 4) is 0 Å². The minimum Gasteiger partial charge on any atom is -0.341 e. The molecule has 3 rings (SSSR count). The molecule has 24 heavy (non-hydrogen) atoms. The minimum atomic E-state index is -0.882. The number of amides is 1. The lowest BCUT2D eigenvalue weighted by Gasteiger charge is -2.20. The molecule has 0 saturated carbocycles. The van der Waals surface area contributed by atoms with E-state index in [9.17, 15) is 13.6 Å². The standard InChI is InChI=1S/C20H15F2NO/c21-16-11-12-17(18(22)13-16)20(24)23-19(14-7-3-1-4-8-14)15-9-5-2-6-10-15/h1-13,19H,(H,23,24). The zero-order valence-corrected chi connectivity index (χ0v) is 12.7. The lowest BCUT2D eigenvalue weighted by Crippen LogP contribution is -2.30. The highest BCUT2D eigenvalue weighted by Crippen LogP contribution is 2.22. The number of carbonyl (C=O) groups excluding carboxylic acids is 1. The number of rotatable bonds is 4. The average molecular weight is 323 g/mol. The van der Waals surface area contributed by atoms with Gasteiger partial charge < -0.3 is 5.32 Å². The summed E-state index contributed by atoms with van der Waals surface area (Å²) in [6.45, 7) is 0. The third kappa shape index (κ3) is 3.49. The summed E-state index contributed by atoms with van der Waals surface area (Å²) in [7, 11) is 0. The molecule has 0 fully saturated rings. The fraction of sp³-hybridized carbons (Fsp3) is 0.0500. The quantitative estimate of drug-likeness (QED) is 0.753. The Balaban J connectivity index is 1.94. The van der Waals surface area contributed by atoms with Crippen molar-refractivity contribution in [3.05, 3.63) is 107 Å². The summed E-state index contributed by atoms with van der Waals surface area (Å²) in [6.07, 6.45) is 0. The Bertz CT molecular complexity index is 795. The highest BCUT2D eigenvalue weighted by Gasteiger charge is 2.19. The molecule has 120 valence electrons. The first-order chi connectivity index (χ1) is 11.6. The molecule has 0 saturated heterocycles. The maximum atomic E-state index is 13.9. The molecule has 0 unspecified atom stereocenters. The predicted octanol–water partition coefficient (Wildman–Crippen LogP) is 4.48. The van der Waals surface area contributed by atoms with Crippen molar-refractivity contribution in [2.75, 3.05) is 0 Å². The predicted molar refractivity (Wildman–Crippen MR) is 88.6 cm³/mol. The first-order valence-electron chi connectivity index (χ1n) is 7.51. The Morgan fingerprint density at radius 3 is 1.83 bits per heavy atom. The van der Waals surface area contributed by atoms with Gasteiger partial charge in [-0.1, -0.05) is 60.7 Å². The van der Waals surface area contributed by atoms with E-state index < -0.39 is 23.6 Å². The number of hydrogen-bond donors (Lipinski definition) is 1. The molecule has 1 amide bonds. The van der Waals surface area contributed by atoms with Gasteiger partial charge in [0, 0.05) is 6.07 Å². The molecular weight excluding hydrogens is 308 g/mol. The molecule has 0 radical (unpaired) electrons. The summed E-state index contributed by atoms with van der Waals surface area (Å²) in [5.74, 6) is -2.19. The Labute approximate surface area is 138 Å². The molecule has 0 aliphatic rings. The Kier molecular flexibility index (Phi) is 4.66. The van der Waals surface area contributed by atoms with E-state index in [1.54, 1.807) is 0 Å². The molecule has 1 N–H and O–H groups in total. The van der Waals surface area contributed by atoms with Crippen molar-refractivity contribution < 1.29 is 13.6 Å². The van der Waals surface area contributed by atoms with E-state index in [-0.39, 0.29) is 5.56 Å². The van der Waals surface area contributed by atoms with Gasteiger partial charge in [0.2, 0.25) is 0 Å². The number of carbonyl (C=O) groups is 1. The average Bonchev–Trinajstić information content (AvgIpc) is 2.61. The van der Waals surface area contributed by atoms with Gasteiger partial charge in [-0.25, -0.2) is 8.78 Å². The summed E-state index contributed by atoms with van der Waals surface area (Å²) in [4.78, 5) is 12.5. The van der Waals surface area contributed by atoms with Crippen molar-refractivity contribution in [2.24, 2.45) is 0 Å². The second kappa shape index (κ2) is 7.04. The monoisotopic (exact) mass is 323 g/mol. The van der Waals surface area contributed by atoms with Crippen LogP contribution in [0.2, 0.25) is 0 Å². The van der Waals surface area contributed by atoms with E-state index in [0.717, 1.165) is 23.3 Å². The zero-order chi connectivity index (χ0) is 16.9. The van der Waals surface area contributed by atoms with E-state index in [1.165, 1.54) is 0 Å². The Morgan fingerprint density at radius 2 is 1.33 bits per heavy atom. The highest BCUT2D eigenvalue weighted by molar-refractivity contribution is 5.95. The lowest BCUT2D eigenvalue weighted by molar-refractivity contribution is 0.0939. The van der Waals surface area contributed by atoms with Crippen LogP contribution in [0.1, 0.15) is 27.5 Å². The van der Waals surface area contributed by atoms with Crippen molar-refractivity contribution in [3.63, 3.8) is 0 Å². The second-order valence-electron chi connectivity index (χ2n) is 5.35. The lowest BCUT2D eigenvalue weighted by atomic mass is 9.98. The largest absolute Gasteiger partial charge is 0.341 e. The number of nitrogens with one attached hydrogen (secondary N) is 1. The molecule has 0 aromatic heterocycles. The third-order valence-electron chi connectivity index (χ3n) is 3.72. The van der Waals surface area contributed by atoms with Crippen LogP contribution >= 0.6 is 0 Å². The van der Waals surface area contributed by atoms with Crippen LogP contribution in [0.4, 0.5) is 8.78 Å². The van der Waals surface area contributed by atoms with E-state index in [4.69, 9.17) is 0 Å². The van der Waals surface area contributed by atoms with Crippen LogP contribution in [-0.4, -0.2) is 5.91 Å². The van der Waals surface area contributed by atoms with Crippen molar-refractivity contribution in [2.45, 2.75) is 6.04 Å². The highest BCUT2D eigenvalue weighted by atomic mass is 19.1. The molecule has 0 atom stereocenters. The van der Waals surface area contributed by atoms with Crippen LogP contribution in [-0.2, 0) is 0 Å². The molecule has 2 nitrogen and oxygen atoms in total. The zero-order valence-electron chi connectivity index (χ0n) is 12.7. The van der Waals surface area contributed by atoms with Gasteiger partial charge >= 0.3 is 0 Å². The van der Waals surface area contributed by atoms with Crippen LogP contribution in [0.3, 0.4) is 0 Å². The van der Waals surface area contributed by atoms with E-state index in [0.29, 0.717) is 6.07 Å². The summed E-state index contributed by atoms with van der Waals surface area (Å²) in [5.41, 5.74) is 1.56. The Hall–Kier alpha value is -3.01. The maximum Gasteiger partial charge on any atom is 0.255 e. The van der Waals surface area contributed by atoms with Crippen LogP contribution < -0.4 is 5.32 Å². The Morgan fingerprint density at radius 1 is 0.792 bits per heavy atom. The van der Waals surface area contributed by atoms with Crippen LogP contribution in [0, 0.1) is 11.6 Å². The molecule has 3 aromatic carbocycles. The van der Waals surface area contributed by atoms with Gasteiger partial charge in [0.25, 0.3) is 5.91 Å². The molecule has 4 heteroatoms. The first-order valence-corrected chi connectivity index (χ1v) is 7.51. The maximum absolute atomic E-state index is 13.9. The second-order valence-corrected chi connectivity index (χ2v) is 5.35. The van der Waals surface area contributed by atoms with Gasteiger partial charge in [-0.05, 0) is 23.3 Å². The normalized spacial score (nSPS) is 10.6. The summed E-state index contributed by atoms with van der Waals surface area (Å²) in [6, 6.07) is 21.3. The van der Waals surface area contributed by atoms with Gasteiger partial charge in [0.05, 0.1) is 11.6 Å². The van der Waals surface area contributed by atoms with Crippen LogP contribution in [0.5, 0.6) is 0 Å². The topological polar surface area (TPSA) is 29.1 Å².